The van der Waals surface area contributed by atoms with Crippen molar-refractivity contribution in [2.75, 3.05) is 19.6 Å². The van der Waals surface area contributed by atoms with Gasteiger partial charge < -0.3 is 5.32 Å². The summed E-state index contributed by atoms with van der Waals surface area (Å²) in [5, 5.41) is 9.04. The lowest BCUT2D eigenvalue weighted by Gasteiger charge is -2.31. The van der Waals surface area contributed by atoms with Gasteiger partial charge in [-0.05, 0) is 32.4 Å². The first-order chi connectivity index (χ1) is 9.63. The van der Waals surface area contributed by atoms with E-state index in [1.807, 2.05) is 17.1 Å². The Kier molecular flexibility index (Phi) is 5.19. The van der Waals surface area contributed by atoms with Crippen LogP contribution >= 0.6 is 12.4 Å². The second kappa shape index (κ2) is 6.73. The zero-order valence-electron chi connectivity index (χ0n) is 12.9. The molecule has 1 aliphatic heterocycles. The van der Waals surface area contributed by atoms with Crippen molar-refractivity contribution in [3.63, 3.8) is 0 Å². The summed E-state index contributed by atoms with van der Waals surface area (Å²) in [7, 11) is 0. The molecule has 1 atom stereocenters. The Balaban J connectivity index is 0.00000161. The minimum Gasteiger partial charge on any atom is -0.312 e. The van der Waals surface area contributed by atoms with Gasteiger partial charge in [0, 0.05) is 49.8 Å². The molecule has 5 nitrogen and oxygen atoms in total. The second-order valence-electron chi connectivity index (χ2n) is 6.03. The maximum absolute atomic E-state index is 4.61. The molecule has 0 aliphatic carbocycles. The standard InChI is InChI=1S/C15H23N5.ClH/c1-11(2)20-15-14(8-18-20)6-13(7-17-15)10-19-5-4-16-12(3)9-19;/h6-8,11-12,16H,4-5,9-10H2,1-3H3;1H/t12-;/m1./s1. The number of nitrogens with one attached hydrogen (secondary N) is 1. The molecule has 0 radical (unpaired) electrons. The van der Waals surface area contributed by atoms with E-state index >= 15 is 0 Å². The molecule has 1 N–H and O–H groups in total. The summed E-state index contributed by atoms with van der Waals surface area (Å²) < 4.78 is 1.98. The SMILES string of the molecule is CC(C)n1ncc2cc(CN3CCN[C@H](C)C3)cnc21.Cl. The number of rotatable bonds is 3. The minimum atomic E-state index is 0. The van der Waals surface area contributed by atoms with Crippen LogP contribution in [-0.4, -0.2) is 45.3 Å². The van der Waals surface area contributed by atoms with E-state index in [1.54, 1.807) is 0 Å². The summed E-state index contributed by atoms with van der Waals surface area (Å²) in [5.41, 5.74) is 2.26. The van der Waals surface area contributed by atoms with Gasteiger partial charge in [0.2, 0.25) is 0 Å². The highest BCUT2D eigenvalue weighted by Gasteiger charge is 2.16. The van der Waals surface area contributed by atoms with E-state index in [4.69, 9.17) is 0 Å². The molecule has 0 unspecified atom stereocenters. The Labute approximate surface area is 132 Å². The average Bonchev–Trinajstić information content (AvgIpc) is 2.82. The first-order valence-corrected chi connectivity index (χ1v) is 7.41. The molecule has 0 amide bonds. The molecule has 0 saturated carbocycles. The van der Waals surface area contributed by atoms with Crippen LogP contribution in [0, 0.1) is 0 Å². The molecule has 21 heavy (non-hydrogen) atoms. The first-order valence-electron chi connectivity index (χ1n) is 7.41. The molecule has 1 aliphatic rings. The predicted molar refractivity (Wildman–Crippen MR) is 87.9 cm³/mol. The van der Waals surface area contributed by atoms with Gasteiger partial charge in [-0.1, -0.05) is 0 Å². The van der Waals surface area contributed by atoms with E-state index in [0.717, 1.165) is 37.2 Å². The molecule has 0 bridgehead atoms. The normalized spacial score (nSPS) is 19.9. The first kappa shape index (κ1) is 16.2. The molecule has 1 fully saturated rings. The van der Waals surface area contributed by atoms with Crippen LogP contribution in [0.25, 0.3) is 11.0 Å². The third-order valence-corrected chi connectivity index (χ3v) is 3.84. The fraction of sp³-hybridized carbons (Fsp3) is 0.600. The van der Waals surface area contributed by atoms with Gasteiger partial charge in [-0.15, -0.1) is 12.4 Å². The summed E-state index contributed by atoms with van der Waals surface area (Å²) in [5.74, 6) is 0. The van der Waals surface area contributed by atoms with E-state index < -0.39 is 0 Å². The van der Waals surface area contributed by atoms with Crippen molar-refractivity contribution in [1.82, 2.24) is 25.0 Å². The van der Waals surface area contributed by atoms with E-state index in [9.17, 15) is 0 Å². The van der Waals surface area contributed by atoms with Gasteiger partial charge in [-0.25, -0.2) is 9.67 Å². The van der Waals surface area contributed by atoms with Crippen LogP contribution in [0.5, 0.6) is 0 Å². The van der Waals surface area contributed by atoms with Gasteiger partial charge in [0.05, 0.1) is 6.20 Å². The summed E-state index contributed by atoms with van der Waals surface area (Å²) in [4.78, 5) is 7.09. The highest BCUT2D eigenvalue weighted by atomic mass is 35.5. The lowest BCUT2D eigenvalue weighted by atomic mass is 10.2. The zero-order valence-corrected chi connectivity index (χ0v) is 13.7. The van der Waals surface area contributed by atoms with Crippen LogP contribution in [0.4, 0.5) is 0 Å². The highest BCUT2D eigenvalue weighted by Crippen LogP contribution is 2.17. The Hall–Kier alpha value is -1.17. The van der Waals surface area contributed by atoms with Gasteiger partial charge >= 0.3 is 0 Å². The molecule has 3 rings (SSSR count). The number of hydrogen-bond donors (Lipinski definition) is 1. The monoisotopic (exact) mass is 309 g/mol. The molecule has 1 saturated heterocycles. The molecule has 0 aromatic carbocycles. The van der Waals surface area contributed by atoms with Gasteiger partial charge in [0.25, 0.3) is 0 Å². The number of aromatic nitrogens is 3. The summed E-state index contributed by atoms with van der Waals surface area (Å²) >= 11 is 0. The van der Waals surface area contributed by atoms with Crippen LogP contribution in [0.2, 0.25) is 0 Å². The third-order valence-electron chi connectivity index (χ3n) is 3.84. The van der Waals surface area contributed by atoms with Crippen molar-refractivity contribution in [2.45, 2.75) is 39.4 Å². The highest BCUT2D eigenvalue weighted by molar-refractivity contribution is 5.85. The van der Waals surface area contributed by atoms with Gasteiger partial charge in [-0.3, -0.25) is 4.90 Å². The number of hydrogen-bond acceptors (Lipinski definition) is 4. The minimum absolute atomic E-state index is 0. The smallest absolute Gasteiger partial charge is 0.157 e. The summed E-state index contributed by atoms with van der Waals surface area (Å²) in [6, 6.07) is 3.14. The van der Waals surface area contributed by atoms with Crippen molar-refractivity contribution in [2.24, 2.45) is 0 Å². The number of halogens is 1. The summed E-state index contributed by atoms with van der Waals surface area (Å²) in [6.45, 7) is 10.7. The fourth-order valence-electron chi connectivity index (χ4n) is 2.86. The largest absolute Gasteiger partial charge is 0.312 e. The Bertz CT molecular complexity index is 595. The fourth-order valence-corrected chi connectivity index (χ4v) is 2.86. The van der Waals surface area contributed by atoms with Gasteiger partial charge in [0.1, 0.15) is 0 Å². The van der Waals surface area contributed by atoms with E-state index in [0.29, 0.717) is 12.1 Å². The van der Waals surface area contributed by atoms with Crippen LogP contribution in [-0.2, 0) is 6.54 Å². The van der Waals surface area contributed by atoms with Gasteiger partial charge in [0.15, 0.2) is 5.65 Å². The maximum atomic E-state index is 4.61. The Morgan fingerprint density at radius 1 is 1.38 bits per heavy atom. The van der Waals surface area contributed by atoms with E-state index in [1.165, 1.54) is 5.56 Å². The van der Waals surface area contributed by atoms with Crippen LogP contribution in [0.15, 0.2) is 18.5 Å². The van der Waals surface area contributed by atoms with Crippen molar-refractivity contribution in [3.8, 4) is 0 Å². The molecule has 2 aromatic heterocycles. The quantitative estimate of drug-likeness (QED) is 0.944. The number of fused-ring (bicyclic) bond motifs is 1. The van der Waals surface area contributed by atoms with Crippen molar-refractivity contribution >= 4 is 23.4 Å². The molecular weight excluding hydrogens is 286 g/mol. The molecule has 6 heteroatoms. The van der Waals surface area contributed by atoms with E-state index in [2.05, 4.69) is 47.1 Å². The lowest BCUT2D eigenvalue weighted by molar-refractivity contribution is 0.199. The Morgan fingerprint density at radius 2 is 2.19 bits per heavy atom. The number of nitrogens with zero attached hydrogens (tertiary/aromatic N) is 4. The van der Waals surface area contributed by atoms with Crippen LogP contribution in [0.3, 0.4) is 0 Å². The Morgan fingerprint density at radius 3 is 2.90 bits per heavy atom. The van der Waals surface area contributed by atoms with E-state index in [-0.39, 0.29) is 12.4 Å². The second-order valence-corrected chi connectivity index (χ2v) is 6.03. The average molecular weight is 310 g/mol. The van der Waals surface area contributed by atoms with Crippen molar-refractivity contribution < 1.29 is 0 Å². The number of piperazine rings is 1. The van der Waals surface area contributed by atoms with Crippen LogP contribution in [0.1, 0.15) is 32.4 Å². The van der Waals surface area contributed by atoms with Crippen LogP contribution < -0.4 is 5.32 Å². The maximum Gasteiger partial charge on any atom is 0.157 e. The van der Waals surface area contributed by atoms with Crippen molar-refractivity contribution in [1.29, 1.82) is 0 Å². The van der Waals surface area contributed by atoms with Crippen molar-refractivity contribution in [3.05, 3.63) is 24.0 Å². The third kappa shape index (κ3) is 3.54. The molecule has 116 valence electrons. The molecule has 3 heterocycles. The zero-order chi connectivity index (χ0) is 14.1. The topological polar surface area (TPSA) is 46.0 Å². The van der Waals surface area contributed by atoms with Gasteiger partial charge in [-0.2, -0.15) is 5.10 Å². The molecule has 2 aromatic rings. The summed E-state index contributed by atoms with van der Waals surface area (Å²) in [6.07, 6.45) is 3.92. The number of pyridine rings is 1. The lowest BCUT2D eigenvalue weighted by Crippen LogP contribution is -2.48. The predicted octanol–water partition coefficient (Wildman–Crippen LogP) is 2.23. The molecular formula is C15H24ClN5. The molecule has 0 spiro atoms.